The summed E-state index contributed by atoms with van der Waals surface area (Å²) in [7, 11) is 0. The van der Waals surface area contributed by atoms with Crippen molar-refractivity contribution in [3.05, 3.63) is 81.7 Å². The van der Waals surface area contributed by atoms with Gasteiger partial charge in [0.2, 0.25) is 5.91 Å². The summed E-state index contributed by atoms with van der Waals surface area (Å²) in [5, 5.41) is 1.98. The van der Waals surface area contributed by atoms with Gasteiger partial charge in [-0.1, -0.05) is 78.1 Å². The molecule has 0 radical (unpaired) electrons. The molecule has 3 rings (SSSR count). The highest BCUT2D eigenvalue weighted by Crippen LogP contribution is 2.36. The average molecular weight is 511 g/mol. The van der Waals surface area contributed by atoms with Gasteiger partial charge in [0.05, 0.1) is 15.5 Å². The molecule has 0 saturated carbocycles. The Morgan fingerprint density at radius 2 is 1.91 bits per heavy atom. The molecule has 0 bridgehead atoms. The zero-order valence-corrected chi connectivity index (χ0v) is 19.5. The van der Waals surface area contributed by atoms with Crippen molar-refractivity contribution in [1.82, 2.24) is 4.90 Å². The number of alkyl halides is 3. The number of amides is 2. The summed E-state index contributed by atoms with van der Waals surface area (Å²) in [6.07, 6.45) is 1.02. The van der Waals surface area contributed by atoms with E-state index < -0.39 is 22.7 Å². The van der Waals surface area contributed by atoms with Crippen molar-refractivity contribution < 1.29 is 22.8 Å². The van der Waals surface area contributed by atoms with Gasteiger partial charge in [0.15, 0.2) is 0 Å². The molecule has 2 amide bonds. The minimum Gasteiger partial charge on any atom is -0.326 e. The number of allylic oxidation sites excluding steroid dienone is 2. The van der Waals surface area contributed by atoms with Crippen molar-refractivity contribution >= 4 is 63.5 Å². The molecule has 172 valence electrons. The minimum atomic E-state index is -4.62. The molecule has 33 heavy (non-hydrogen) atoms. The zero-order chi connectivity index (χ0) is 24.0. The lowest BCUT2D eigenvalue weighted by Crippen LogP contribution is -2.29. The van der Waals surface area contributed by atoms with E-state index >= 15 is 0 Å². The molecular weight excluding hydrogens is 493 g/mol. The number of nitrogens with one attached hydrogen (secondary N) is 1. The first-order chi connectivity index (χ1) is 15.6. The van der Waals surface area contributed by atoms with Crippen LogP contribution >= 0.6 is 35.6 Å². The number of anilines is 1. The lowest BCUT2D eigenvalue weighted by atomic mass is 10.2. The van der Waals surface area contributed by atoms with Crippen LogP contribution < -0.4 is 5.32 Å². The molecule has 1 aliphatic heterocycles. The Morgan fingerprint density at radius 1 is 1.18 bits per heavy atom. The van der Waals surface area contributed by atoms with E-state index in [1.807, 2.05) is 36.4 Å². The Balaban J connectivity index is 1.51. The third-order valence-electron chi connectivity index (χ3n) is 4.55. The second kappa shape index (κ2) is 11.0. The lowest BCUT2D eigenvalue weighted by molar-refractivity contribution is -0.137. The highest BCUT2D eigenvalue weighted by molar-refractivity contribution is 8.26. The molecule has 1 fully saturated rings. The number of carbonyl (C=O) groups is 2. The maximum absolute atomic E-state index is 13.0. The number of rotatable bonds is 7. The largest absolute Gasteiger partial charge is 0.417 e. The Hall–Kier alpha value is -2.62. The van der Waals surface area contributed by atoms with Gasteiger partial charge >= 0.3 is 6.18 Å². The summed E-state index contributed by atoms with van der Waals surface area (Å²) in [6.45, 7) is 0.228. The quantitative estimate of drug-likeness (QED) is 0.339. The highest BCUT2D eigenvalue weighted by Gasteiger charge is 2.33. The zero-order valence-electron chi connectivity index (χ0n) is 17.1. The van der Waals surface area contributed by atoms with Crippen molar-refractivity contribution in [2.75, 3.05) is 11.9 Å². The Bertz CT molecular complexity index is 1120. The van der Waals surface area contributed by atoms with Crippen LogP contribution in [0.2, 0.25) is 5.02 Å². The van der Waals surface area contributed by atoms with Crippen LogP contribution in [0.3, 0.4) is 0 Å². The third kappa shape index (κ3) is 6.93. The van der Waals surface area contributed by atoms with Crippen LogP contribution in [0.15, 0.2) is 65.6 Å². The number of thioether (sulfide) groups is 1. The van der Waals surface area contributed by atoms with E-state index in [0.29, 0.717) is 15.6 Å². The first-order valence-corrected chi connectivity index (χ1v) is 11.4. The third-order valence-corrected chi connectivity index (χ3v) is 6.28. The van der Waals surface area contributed by atoms with Crippen LogP contribution in [-0.2, 0) is 15.8 Å². The molecule has 1 saturated heterocycles. The van der Waals surface area contributed by atoms with Gasteiger partial charge in [-0.2, -0.15) is 13.2 Å². The van der Waals surface area contributed by atoms with E-state index in [2.05, 4.69) is 5.32 Å². The van der Waals surface area contributed by atoms with Gasteiger partial charge in [0, 0.05) is 18.7 Å². The molecule has 0 aliphatic carbocycles. The number of hydrogen-bond donors (Lipinski definition) is 1. The summed E-state index contributed by atoms with van der Waals surface area (Å²) in [4.78, 5) is 26.6. The molecule has 0 aromatic heterocycles. The summed E-state index contributed by atoms with van der Waals surface area (Å²) < 4.78 is 39.3. The second-order valence-corrected chi connectivity index (χ2v) is 9.05. The Kier molecular flexibility index (Phi) is 8.34. The van der Waals surface area contributed by atoms with Gasteiger partial charge < -0.3 is 5.32 Å². The number of benzene rings is 2. The maximum atomic E-state index is 13.0. The van der Waals surface area contributed by atoms with Gasteiger partial charge in [-0.15, -0.1) is 0 Å². The summed E-state index contributed by atoms with van der Waals surface area (Å²) in [5.74, 6) is -0.715. The highest BCUT2D eigenvalue weighted by atomic mass is 35.5. The lowest BCUT2D eigenvalue weighted by Gasteiger charge is -2.14. The normalized spacial score (nSPS) is 15.6. The summed E-state index contributed by atoms with van der Waals surface area (Å²) >= 11 is 12.0. The predicted molar refractivity (Wildman–Crippen MR) is 130 cm³/mol. The van der Waals surface area contributed by atoms with Crippen LogP contribution in [0.5, 0.6) is 0 Å². The van der Waals surface area contributed by atoms with Crippen LogP contribution in [0, 0.1) is 0 Å². The monoisotopic (exact) mass is 510 g/mol. The van der Waals surface area contributed by atoms with Crippen LogP contribution in [0.25, 0.3) is 6.08 Å². The van der Waals surface area contributed by atoms with Gasteiger partial charge in [0.25, 0.3) is 5.91 Å². The van der Waals surface area contributed by atoms with E-state index in [0.717, 1.165) is 17.7 Å². The second-order valence-electron chi connectivity index (χ2n) is 6.97. The number of halogens is 4. The number of nitrogens with zero attached hydrogens (tertiary/aromatic N) is 1. The van der Waals surface area contributed by atoms with Crippen molar-refractivity contribution in [3.8, 4) is 0 Å². The molecule has 0 unspecified atom stereocenters. The molecule has 2 aromatic carbocycles. The SMILES string of the molecule is O=C(CCCN1C(=O)C(=CC=Cc2ccccc2)SC1=S)Nc1ccc(Cl)c(C(F)(F)F)c1. The Morgan fingerprint density at radius 3 is 2.61 bits per heavy atom. The molecule has 0 atom stereocenters. The van der Waals surface area contributed by atoms with Crippen LogP contribution in [-0.4, -0.2) is 27.6 Å². The van der Waals surface area contributed by atoms with Gasteiger partial charge in [-0.3, -0.25) is 14.5 Å². The van der Waals surface area contributed by atoms with Crippen molar-refractivity contribution in [1.29, 1.82) is 0 Å². The smallest absolute Gasteiger partial charge is 0.326 e. The van der Waals surface area contributed by atoms with E-state index in [1.54, 1.807) is 12.2 Å². The molecule has 1 N–H and O–H groups in total. The average Bonchev–Trinajstić information content (AvgIpc) is 3.02. The molecule has 1 heterocycles. The van der Waals surface area contributed by atoms with E-state index in [4.69, 9.17) is 23.8 Å². The molecule has 10 heteroatoms. The van der Waals surface area contributed by atoms with Crippen molar-refractivity contribution in [2.45, 2.75) is 19.0 Å². The van der Waals surface area contributed by atoms with Crippen molar-refractivity contribution in [3.63, 3.8) is 0 Å². The molecule has 4 nitrogen and oxygen atoms in total. The molecular formula is C23H18ClF3N2O2S2. The summed E-state index contributed by atoms with van der Waals surface area (Å²) in [5.41, 5.74) is -0.0265. The number of thiocarbonyl (C=S) groups is 1. The fourth-order valence-corrected chi connectivity index (χ4v) is 4.44. The minimum absolute atomic E-state index is 0.00419. The number of hydrogen-bond acceptors (Lipinski definition) is 4. The van der Waals surface area contributed by atoms with Crippen molar-refractivity contribution in [2.24, 2.45) is 0 Å². The van der Waals surface area contributed by atoms with Gasteiger partial charge in [0.1, 0.15) is 4.32 Å². The number of carbonyl (C=O) groups excluding carboxylic acids is 2. The predicted octanol–water partition coefficient (Wildman–Crippen LogP) is 6.54. The van der Waals surface area contributed by atoms with E-state index in [9.17, 15) is 22.8 Å². The standard InChI is InChI=1S/C23H18ClF3N2O2S2/c24-18-12-11-16(14-17(18)23(25,26)27)28-20(30)10-5-13-29-21(31)19(33-22(29)32)9-4-8-15-6-2-1-3-7-15/h1-4,6-9,11-12,14H,5,10,13H2,(H,28,30). The van der Waals surface area contributed by atoms with E-state index in [1.165, 1.54) is 22.7 Å². The first-order valence-electron chi connectivity index (χ1n) is 9.79. The Labute approximate surface area is 203 Å². The fraction of sp³-hybridized carbons (Fsp3) is 0.174. The topological polar surface area (TPSA) is 49.4 Å². The first kappa shape index (κ1) is 25.0. The van der Waals surface area contributed by atoms with Crippen LogP contribution in [0.4, 0.5) is 18.9 Å². The fourth-order valence-electron chi connectivity index (χ4n) is 2.96. The van der Waals surface area contributed by atoms with Gasteiger partial charge in [-0.05, 0) is 36.3 Å². The van der Waals surface area contributed by atoms with Gasteiger partial charge in [-0.25, -0.2) is 0 Å². The van der Waals surface area contributed by atoms with E-state index in [-0.39, 0.29) is 24.6 Å². The molecule has 1 aliphatic rings. The van der Waals surface area contributed by atoms with Crippen LogP contribution in [0.1, 0.15) is 24.0 Å². The maximum Gasteiger partial charge on any atom is 0.417 e. The molecule has 0 spiro atoms. The summed E-state index contributed by atoms with van der Waals surface area (Å²) in [6, 6.07) is 12.8. The molecule has 2 aromatic rings.